The summed E-state index contributed by atoms with van der Waals surface area (Å²) >= 11 is 0. The molecule has 1 N–H and O–H groups in total. The van der Waals surface area contributed by atoms with Crippen molar-refractivity contribution in [2.45, 2.75) is 11.3 Å². The number of benzene rings is 1. The maximum Gasteiger partial charge on any atom is 0.330 e. The molecular formula is C18H20N4O5S. The van der Waals surface area contributed by atoms with Crippen LogP contribution in [0.2, 0.25) is 0 Å². The highest BCUT2D eigenvalue weighted by Crippen LogP contribution is 2.22. The Bertz CT molecular complexity index is 1230. The van der Waals surface area contributed by atoms with Crippen molar-refractivity contribution < 1.29 is 13.2 Å². The number of hydrogen-bond donors (Lipinski definition) is 1. The van der Waals surface area contributed by atoms with E-state index >= 15 is 0 Å². The Balaban J connectivity index is 1.62. The number of para-hydroxylation sites is 1. The van der Waals surface area contributed by atoms with Crippen LogP contribution in [0.25, 0.3) is 10.9 Å². The van der Waals surface area contributed by atoms with Gasteiger partial charge in [0.05, 0.1) is 6.61 Å². The lowest BCUT2D eigenvalue weighted by molar-refractivity contribution is 0.314. The number of aryl methyl sites for hydroxylation is 1. The van der Waals surface area contributed by atoms with Gasteiger partial charge in [-0.25, -0.2) is 17.9 Å². The minimum atomic E-state index is -4.04. The van der Waals surface area contributed by atoms with Crippen LogP contribution in [-0.2, 0) is 24.1 Å². The minimum absolute atomic E-state index is 0.0759. The molecule has 0 spiro atoms. The molecule has 0 saturated heterocycles. The highest BCUT2D eigenvalue weighted by molar-refractivity contribution is 7.89. The van der Waals surface area contributed by atoms with E-state index in [9.17, 15) is 18.0 Å². The van der Waals surface area contributed by atoms with Gasteiger partial charge < -0.3 is 9.30 Å². The van der Waals surface area contributed by atoms with E-state index in [-0.39, 0.29) is 13.2 Å². The average Bonchev–Trinajstić information content (AvgIpc) is 2.68. The smallest absolute Gasteiger partial charge is 0.330 e. The highest BCUT2D eigenvalue weighted by atomic mass is 32.2. The van der Waals surface area contributed by atoms with Gasteiger partial charge >= 0.3 is 5.69 Å². The van der Waals surface area contributed by atoms with Crippen LogP contribution < -0.4 is 20.7 Å². The fourth-order valence-corrected chi connectivity index (χ4v) is 3.92. The Hall–Kier alpha value is -2.98. The van der Waals surface area contributed by atoms with Crippen LogP contribution >= 0.6 is 0 Å². The van der Waals surface area contributed by atoms with Crippen LogP contribution in [0.3, 0.4) is 0 Å². The first-order chi connectivity index (χ1) is 13.3. The molecule has 1 aromatic carbocycles. The molecule has 0 fully saturated rings. The first-order valence-electron chi connectivity index (χ1n) is 8.54. The van der Waals surface area contributed by atoms with Crippen LogP contribution in [0.1, 0.15) is 6.42 Å². The van der Waals surface area contributed by atoms with E-state index in [0.29, 0.717) is 12.2 Å². The summed E-state index contributed by atoms with van der Waals surface area (Å²) in [6.45, 7) is 0.343. The normalized spacial score (nSPS) is 11.6. The lowest BCUT2D eigenvalue weighted by Crippen LogP contribution is -2.41. The van der Waals surface area contributed by atoms with Crippen LogP contribution in [0, 0.1) is 0 Å². The fraction of sp³-hybridized carbons (Fsp3) is 0.278. The molecule has 2 aromatic heterocycles. The Morgan fingerprint density at radius 1 is 1.14 bits per heavy atom. The van der Waals surface area contributed by atoms with E-state index < -0.39 is 26.2 Å². The van der Waals surface area contributed by atoms with Crippen LogP contribution in [0.4, 0.5) is 0 Å². The van der Waals surface area contributed by atoms with Crippen molar-refractivity contribution in [2.24, 2.45) is 14.1 Å². The van der Waals surface area contributed by atoms with Gasteiger partial charge in [0.1, 0.15) is 11.3 Å². The van der Waals surface area contributed by atoms with Crippen molar-refractivity contribution in [3.63, 3.8) is 0 Å². The lowest BCUT2D eigenvalue weighted by atomic mass is 10.2. The van der Waals surface area contributed by atoms with E-state index in [4.69, 9.17) is 4.74 Å². The Labute approximate surface area is 161 Å². The second-order valence-corrected chi connectivity index (χ2v) is 7.92. The van der Waals surface area contributed by atoms with E-state index in [1.165, 1.54) is 14.1 Å². The van der Waals surface area contributed by atoms with E-state index in [0.717, 1.165) is 26.2 Å². The maximum absolute atomic E-state index is 12.4. The summed E-state index contributed by atoms with van der Waals surface area (Å²) in [5.74, 6) is 0.618. The largest absolute Gasteiger partial charge is 0.491 e. The van der Waals surface area contributed by atoms with Crippen LogP contribution in [0.5, 0.6) is 5.75 Å². The summed E-state index contributed by atoms with van der Waals surface area (Å²) in [7, 11) is -1.43. The third-order valence-electron chi connectivity index (χ3n) is 4.17. The summed E-state index contributed by atoms with van der Waals surface area (Å²) in [6, 6.07) is 9.35. The summed E-state index contributed by atoms with van der Waals surface area (Å²) in [6.07, 6.45) is 3.08. The zero-order chi connectivity index (χ0) is 20.3. The van der Waals surface area contributed by atoms with Crippen molar-refractivity contribution in [1.82, 2.24) is 18.8 Å². The molecule has 10 heteroatoms. The maximum atomic E-state index is 12.4. The molecule has 2 heterocycles. The molecule has 0 unspecified atom stereocenters. The van der Waals surface area contributed by atoms with Gasteiger partial charge in [-0.15, -0.1) is 0 Å². The number of sulfonamides is 1. The van der Waals surface area contributed by atoms with Crippen LogP contribution in [-0.4, -0.2) is 35.7 Å². The van der Waals surface area contributed by atoms with Gasteiger partial charge in [-0.1, -0.05) is 18.2 Å². The predicted octanol–water partition coefficient (Wildman–Crippen LogP) is 0.380. The van der Waals surface area contributed by atoms with Gasteiger partial charge in [0.15, 0.2) is 4.90 Å². The molecule has 0 amide bonds. The van der Waals surface area contributed by atoms with Crippen molar-refractivity contribution in [3.8, 4) is 5.75 Å². The third-order valence-corrected chi connectivity index (χ3v) is 5.61. The first-order valence-corrected chi connectivity index (χ1v) is 10.0. The number of ether oxygens (including phenoxy) is 1. The van der Waals surface area contributed by atoms with Crippen LogP contribution in [0.15, 0.2) is 57.2 Å². The van der Waals surface area contributed by atoms with Gasteiger partial charge in [0, 0.05) is 38.4 Å². The molecule has 0 aliphatic carbocycles. The number of aromatic nitrogens is 3. The number of hydrogen-bond acceptors (Lipinski definition) is 6. The van der Waals surface area contributed by atoms with Crippen molar-refractivity contribution >= 4 is 20.9 Å². The number of pyridine rings is 1. The number of fused-ring (bicyclic) bond motifs is 1. The quantitative estimate of drug-likeness (QED) is 0.570. The van der Waals surface area contributed by atoms with Gasteiger partial charge in [0.25, 0.3) is 5.56 Å². The molecule has 0 radical (unpaired) electrons. The van der Waals surface area contributed by atoms with E-state index in [1.807, 2.05) is 24.3 Å². The molecular weight excluding hydrogens is 384 g/mol. The standard InChI is InChI=1S/C18H20N4O5S/c1-21-12-15(17(23)22(2)18(21)24)28(25,26)20-10-5-11-27-14-8-3-6-13-7-4-9-19-16(13)14/h3-4,6-9,12,20H,5,10-11H2,1-2H3. The topological polar surface area (TPSA) is 112 Å². The molecule has 9 nitrogen and oxygen atoms in total. The lowest BCUT2D eigenvalue weighted by Gasteiger charge is -2.10. The third kappa shape index (κ3) is 3.97. The SMILES string of the molecule is Cn1cc(S(=O)(=O)NCCCOc2cccc3cccnc23)c(=O)n(C)c1=O. The molecule has 0 saturated carbocycles. The molecule has 0 aliphatic heterocycles. The highest BCUT2D eigenvalue weighted by Gasteiger charge is 2.20. The molecule has 148 valence electrons. The van der Waals surface area contributed by atoms with E-state index in [1.54, 1.807) is 12.3 Å². The zero-order valence-electron chi connectivity index (χ0n) is 15.5. The first kappa shape index (κ1) is 19.8. The monoisotopic (exact) mass is 404 g/mol. The number of nitrogens with zero attached hydrogens (tertiary/aromatic N) is 3. The number of rotatable bonds is 7. The average molecular weight is 404 g/mol. The molecule has 3 aromatic rings. The zero-order valence-corrected chi connectivity index (χ0v) is 16.3. The fourth-order valence-electron chi connectivity index (χ4n) is 2.69. The predicted molar refractivity (Wildman–Crippen MR) is 104 cm³/mol. The van der Waals surface area contributed by atoms with Crippen molar-refractivity contribution in [1.29, 1.82) is 0 Å². The Morgan fingerprint density at radius 2 is 1.89 bits per heavy atom. The summed E-state index contributed by atoms with van der Waals surface area (Å²) in [4.78, 5) is 27.6. The van der Waals surface area contributed by atoms with E-state index in [2.05, 4.69) is 9.71 Å². The van der Waals surface area contributed by atoms with Gasteiger partial charge in [-0.2, -0.15) is 0 Å². The molecule has 0 bridgehead atoms. The van der Waals surface area contributed by atoms with Gasteiger partial charge in [0.2, 0.25) is 10.0 Å². The van der Waals surface area contributed by atoms with Gasteiger partial charge in [-0.05, 0) is 18.6 Å². The van der Waals surface area contributed by atoms with Crippen molar-refractivity contribution in [2.75, 3.05) is 13.2 Å². The summed E-state index contributed by atoms with van der Waals surface area (Å²) in [5.41, 5.74) is -0.728. The second kappa shape index (κ2) is 7.95. The Kier molecular flexibility index (Phi) is 5.61. The van der Waals surface area contributed by atoms with Crippen molar-refractivity contribution in [3.05, 3.63) is 63.6 Å². The molecule has 28 heavy (non-hydrogen) atoms. The van der Waals surface area contributed by atoms with Gasteiger partial charge in [-0.3, -0.25) is 14.3 Å². The minimum Gasteiger partial charge on any atom is -0.491 e. The summed E-state index contributed by atoms with van der Waals surface area (Å²) in [5, 5.41) is 0.950. The molecule has 3 rings (SSSR count). The Morgan fingerprint density at radius 3 is 2.68 bits per heavy atom. The molecule has 0 aliphatic rings. The number of nitrogens with one attached hydrogen (secondary N) is 1. The molecule has 0 atom stereocenters. The second-order valence-electron chi connectivity index (χ2n) is 6.18. The summed E-state index contributed by atoms with van der Waals surface area (Å²) < 4.78 is 34.6.